The maximum absolute atomic E-state index is 2.74. The van der Waals surface area contributed by atoms with Crippen LogP contribution in [0.2, 0.25) is 0 Å². The van der Waals surface area contributed by atoms with E-state index in [1.165, 1.54) is 107 Å². The van der Waals surface area contributed by atoms with Gasteiger partial charge in [-0.15, -0.1) is 0 Å². The molecular formula is C74H74BN3. The zero-order valence-corrected chi connectivity index (χ0v) is 48.0. The highest BCUT2D eigenvalue weighted by Crippen LogP contribution is 2.56. The van der Waals surface area contributed by atoms with Gasteiger partial charge < -0.3 is 14.7 Å². The van der Waals surface area contributed by atoms with Gasteiger partial charge in [-0.25, -0.2) is 0 Å². The van der Waals surface area contributed by atoms with Crippen molar-refractivity contribution in [1.29, 1.82) is 0 Å². The molecule has 0 saturated carbocycles. The van der Waals surface area contributed by atoms with Gasteiger partial charge in [0.25, 0.3) is 6.71 Å². The van der Waals surface area contributed by atoms with Gasteiger partial charge in [0.2, 0.25) is 0 Å². The average molecular weight is 1020 g/mol. The molecule has 388 valence electrons. The summed E-state index contributed by atoms with van der Waals surface area (Å²) in [4.78, 5) is 7.88. The molecule has 0 spiro atoms. The van der Waals surface area contributed by atoms with Crippen molar-refractivity contribution in [1.82, 2.24) is 0 Å². The fraction of sp³-hybridized carbons (Fsp3) is 0.270. The average Bonchev–Trinajstić information content (AvgIpc) is 3.45. The summed E-state index contributed by atoms with van der Waals surface area (Å²) in [7, 11) is 0. The molecule has 0 unspecified atom stereocenters. The standard InChI is InChI=1S/C74H74BN3/c1-48-39-57-59(72(7,8)38-37-71(57,5)6)45-64(48)78-66-46-60-58(73(9,10)47-74(60,11)12)44-62(66)75-61-35-33-51(49-25-17-13-18-26-49)40-65(61)77(63-36-34-52(70(2,3)4)41-56(63)50-27-19-14-20-28-50)67-42-55(43-68(78)69(67)75)76(53-29-21-15-22-30-53)54-31-23-16-24-32-54/h13-36,39-46H,37-38,47H2,1-12H3. The zero-order chi connectivity index (χ0) is 54.3. The van der Waals surface area contributed by atoms with Crippen LogP contribution in [-0.2, 0) is 27.1 Å². The topological polar surface area (TPSA) is 9.72 Å². The predicted octanol–water partition coefficient (Wildman–Crippen LogP) is 18.5. The van der Waals surface area contributed by atoms with E-state index in [-0.39, 0.29) is 33.8 Å². The summed E-state index contributed by atoms with van der Waals surface area (Å²) in [6.07, 6.45) is 3.41. The highest BCUT2D eigenvalue weighted by atomic mass is 15.2. The third-order valence-corrected chi connectivity index (χ3v) is 18.5. The third-order valence-electron chi connectivity index (χ3n) is 18.5. The van der Waals surface area contributed by atoms with Gasteiger partial charge in [0.15, 0.2) is 0 Å². The number of aryl methyl sites for hydroxylation is 1. The second-order valence-corrected chi connectivity index (χ2v) is 26.8. The van der Waals surface area contributed by atoms with E-state index in [4.69, 9.17) is 0 Å². The lowest BCUT2D eigenvalue weighted by atomic mass is 9.33. The van der Waals surface area contributed by atoms with Crippen LogP contribution in [0.15, 0.2) is 194 Å². The molecule has 4 heteroatoms. The van der Waals surface area contributed by atoms with Gasteiger partial charge in [-0.2, -0.15) is 0 Å². The Hall–Kier alpha value is -7.56. The molecule has 0 amide bonds. The van der Waals surface area contributed by atoms with Crippen LogP contribution >= 0.6 is 0 Å². The van der Waals surface area contributed by atoms with Gasteiger partial charge in [0.05, 0.1) is 11.4 Å². The number of anilines is 9. The summed E-state index contributed by atoms with van der Waals surface area (Å²) in [5, 5.41) is 0. The number of para-hydroxylation sites is 2. The van der Waals surface area contributed by atoms with Crippen LogP contribution in [0, 0.1) is 6.92 Å². The van der Waals surface area contributed by atoms with Gasteiger partial charge in [-0.1, -0.05) is 204 Å². The smallest absolute Gasteiger partial charge is 0.252 e. The van der Waals surface area contributed by atoms with Crippen molar-refractivity contribution in [3.63, 3.8) is 0 Å². The van der Waals surface area contributed by atoms with Crippen molar-refractivity contribution in [2.45, 2.75) is 129 Å². The molecule has 2 heterocycles. The molecule has 9 aromatic rings. The molecule has 0 atom stereocenters. The SMILES string of the molecule is Cc1cc2c(cc1N1c3cc4c(cc3B3c5ccc(-c6ccccc6)cc5N(c5ccc(C(C)(C)C)cc5-c5ccccc5)c5cc(N(c6ccccc6)c6ccccc6)cc1c53)C(C)(C)CC4(C)C)C(C)(C)CCC2(C)C. The Balaban J connectivity index is 1.21. The molecule has 78 heavy (non-hydrogen) atoms. The van der Waals surface area contributed by atoms with Gasteiger partial charge in [0, 0.05) is 45.4 Å². The number of hydrogen-bond donors (Lipinski definition) is 0. The van der Waals surface area contributed by atoms with Crippen molar-refractivity contribution in [3.05, 3.63) is 228 Å². The molecule has 3 nitrogen and oxygen atoms in total. The Morgan fingerprint density at radius 3 is 1.46 bits per heavy atom. The molecule has 0 N–H and O–H groups in total. The lowest BCUT2D eigenvalue weighted by Crippen LogP contribution is -2.61. The lowest BCUT2D eigenvalue weighted by molar-refractivity contribution is 0.332. The number of fused-ring (bicyclic) bond motifs is 6. The van der Waals surface area contributed by atoms with Crippen LogP contribution < -0.4 is 31.1 Å². The van der Waals surface area contributed by atoms with Gasteiger partial charge in [0.1, 0.15) is 0 Å². The van der Waals surface area contributed by atoms with Crippen LogP contribution in [0.3, 0.4) is 0 Å². The van der Waals surface area contributed by atoms with Crippen LogP contribution in [0.5, 0.6) is 0 Å². The Morgan fingerprint density at radius 1 is 0.397 bits per heavy atom. The van der Waals surface area contributed by atoms with E-state index in [1.54, 1.807) is 0 Å². The Labute approximate surface area is 465 Å². The van der Waals surface area contributed by atoms with Crippen molar-refractivity contribution < 1.29 is 0 Å². The summed E-state index contributed by atoms with van der Waals surface area (Å²) in [5.74, 6) is 0. The first-order valence-corrected chi connectivity index (χ1v) is 28.6. The van der Waals surface area contributed by atoms with Crippen LogP contribution in [0.25, 0.3) is 22.3 Å². The maximum atomic E-state index is 2.74. The van der Waals surface area contributed by atoms with Crippen molar-refractivity contribution in [2.75, 3.05) is 14.7 Å². The van der Waals surface area contributed by atoms with E-state index in [2.05, 4.69) is 292 Å². The lowest BCUT2D eigenvalue weighted by Gasteiger charge is -2.47. The van der Waals surface area contributed by atoms with Gasteiger partial charge in [-0.05, 0) is 186 Å². The fourth-order valence-corrected chi connectivity index (χ4v) is 14.5. The van der Waals surface area contributed by atoms with Crippen molar-refractivity contribution in [2.24, 2.45) is 0 Å². The second-order valence-electron chi connectivity index (χ2n) is 26.8. The molecule has 9 aromatic carbocycles. The molecule has 0 aromatic heterocycles. The first kappa shape index (κ1) is 50.0. The first-order chi connectivity index (χ1) is 37.2. The van der Waals surface area contributed by atoms with E-state index in [9.17, 15) is 0 Å². The molecule has 2 aliphatic carbocycles. The molecule has 0 bridgehead atoms. The maximum Gasteiger partial charge on any atom is 0.252 e. The zero-order valence-electron chi connectivity index (χ0n) is 48.0. The Kier molecular flexibility index (Phi) is 11.4. The monoisotopic (exact) mass is 1020 g/mol. The van der Waals surface area contributed by atoms with Crippen molar-refractivity contribution in [3.8, 4) is 22.3 Å². The minimum atomic E-state index is -0.0691. The van der Waals surface area contributed by atoms with E-state index in [0.717, 1.165) is 35.6 Å². The summed E-state index contributed by atoms with van der Waals surface area (Å²) in [6.45, 7) is 29.1. The number of rotatable bonds is 7. The molecule has 2 aliphatic heterocycles. The van der Waals surface area contributed by atoms with E-state index in [0.29, 0.717) is 0 Å². The molecule has 0 radical (unpaired) electrons. The summed E-state index contributed by atoms with van der Waals surface area (Å²) >= 11 is 0. The fourth-order valence-electron chi connectivity index (χ4n) is 14.5. The summed E-state index contributed by atoms with van der Waals surface area (Å²) in [6, 6.07) is 74.4. The number of benzene rings is 9. The highest BCUT2D eigenvalue weighted by molar-refractivity contribution is 7.00. The molecule has 13 rings (SSSR count). The quantitative estimate of drug-likeness (QED) is 0.147. The number of hydrogen-bond acceptors (Lipinski definition) is 3. The molecule has 4 aliphatic rings. The minimum absolute atomic E-state index is 0.00501. The Morgan fingerprint density at radius 2 is 0.885 bits per heavy atom. The van der Waals surface area contributed by atoms with Crippen LogP contribution in [-0.4, -0.2) is 6.71 Å². The van der Waals surface area contributed by atoms with Crippen LogP contribution in [0.1, 0.15) is 129 Å². The van der Waals surface area contributed by atoms with E-state index < -0.39 is 0 Å². The minimum Gasteiger partial charge on any atom is -0.311 e. The molecular weight excluding hydrogens is 942 g/mol. The largest absolute Gasteiger partial charge is 0.311 e. The first-order valence-electron chi connectivity index (χ1n) is 28.6. The van der Waals surface area contributed by atoms with Gasteiger partial charge >= 0.3 is 0 Å². The molecule has 0 saturated heterocycles. The van der Waals surface area contributed by atoms with E-state index in [1.807, 2.05) is 0 Å². The van der Waals surface area contributed by atoms with E-state index >= 15 is 0 Å². The summed E-state index contributed by atoms with van der Waals surface area (Å²) < 4.78 is 0. The predicted molar refractivity (Wildman–Crippen MR) is 335 cm³/mol. The third kappa shape index (κ3) is 7.99. The number of nitrogens with zero attached hydrogens (tertiary/aromatic N) is 3. The normalized spacial score (nSPS) is 16.9. The second kappa shape index (κ2) is 17.7. The Bertz CT molecular complexity index is 3790. The highest BCUT2D eigenvalue weighted by Gasteiger charge is 2.49. The van der Waals surface area contributed by atoms with Crippen LogP contribution in [0.4, 0.5) is 51.2 Å². The van der Waals surface area contributed by atoms with Gasteiger partial charge in [-0.3, -0.25) is 0 Å². The molecule has 0 fully saturated rings. The van der Waals surface area contributed by atoms with Crippen molar-refractivity contribution >= 4 is 74.3 Å². The summed E-state index contributed by atoms with van der Waals surface area (Å²) in [5.41, 5.74) is 28.0.